The number of rotatable bonds is 7. The molecule has 3 nitrogen and oxygen atoms in total. The molecule has 3 rings (SSSR count). The molecule has 28 heavy (non-hydrogen) atoms. The van der Waals surface area contributed by atoms with Gasteiger partial charge < -0.3 is 9.84 Å². The molecule has 1 N–H and O–H groups in total. The molecule has 0 bridgehead atoms. The van der Waals surface area contributed by atoms with Crippen LogP contribution in [0.2, 0.25) is 0 Å². The zero-order valence-corrected chi connectivity index (χ0v) is 16.7. The minimum absolute atomic E-state index is 0.678. The van der Waals surface area contributed by atoms with Crippen LogP contribution in [0.1, 0.15) is 16.7 Å². The van der Waals surface area contributed by atoms with Crippen molar-refractivity contribution in [3.63, 3.8) is 0 Å². The normalized spacial score (nSPS) is 11.3. The molecule has 0 aliphatic heterocycles. The van der Waals surface area contributed by atoms with Crippen LogP contribution in [0.3, 0.4) is 0 Å². The Balaban J connectivity index is 2.02. The fraction of sp³-hybridized carbons (Fsp3) is 0.125. The van der Waals surface area contributed by atoms with Crippen LogP contribution >= 0.6 is 11.8 Å². The SMILES string of the molecule is COc1ccc(C(=CC(=O)O)c2ccc(-c3ccccc3)cc2)cc1CSC. The van der Waals surface area contributed by atoms with Gasteiger partial charge in [-0.2, -0.15) is 11.8 Å². The first-order chi connectivity index (χ1) is 13.6. The van der Waals surface area contributed by atoms with Crippen molar-refractivity contribution in [2.24, 2.45) is 0 Å². The molecule has 3 aromatic carbocycles. The van der Waals surface area contributed by atoms with Gasteiger partial charge in [-0.05, 0) is 46.2 Å². The molecule has 0 radical (unpaired) electrons. The van der Waals surface area contributed by atoms with Gasteiger partial charge in [-0.3, -0.25) is 0 Å². The number of carboxylic acids is 1. The molecule has 0 spiro atoms. The highest BCUT2D eigenvalue weighted by atomic mass is 32.2. The van der Waals surface area contributed by atoms with E-state index in [9.17, 15) is 9.90 Å². The summed E-state index contributed by atoms with van der Waals surface area (Å²) in [6.07, 6.45) is 3.30. The van der Waals surface area contributed by atoms with Crippen LogP contribution in [-0.2, 0) is 10.5 Å². The molecule has 0 saturated heterocycles. The van der Waals surface area contributed by atoms with Crippen molar-refractivity contribution >= 4 is 23.3 Å². The van der Waals surface area contributed by atoms with Gasteiger partial charge in [0.05, 0.1) is 7.11 Å². The number of hydrogen-bond acceptors (Lipinski definition) is 3. The van der Waals surface area contributed by atoms with Gasteiger partial charge in [0.1, 0.15) is 5.75 Å². The Morgan fingerprint density at radius 2 is 1.61 bits per heavy atom. The lowest BCUT2D eigenvalue weighted by Crippen LogP contribution is -1.97. The van der Waals surface area contributed by atoms with Gasteiger partial charge in [0.2, 0.25) is 0 Å². The molecule has 0 unspecified atom stereocenters. The van der Waals surface area contributed by atoms with Gasteiger partial charge in [0.15, 0.2) is 0 Å². The third-order valence-corrected chi connectivity index (χ3v) is 5.06. The Bertz CT molecular complexity index is 976. The molecule has 0 atom stereocenters. The smallest absolute Gasteiger partial charge is 0.328 e. The average Bonchev–Trinajstić information content (AvgIpc) is 2.73. The average molecular weight is 391 g/mol. The van der Waals surface area contributed by atoms with Crippen molar-refractivity contribution in [2.45, 2.75) is 5.75 Å². The maximum Gasteiger partial charge on any atom is 0.328 e. The lowest BCUT2D eigenvalue weighted by atomic mass is 9.94. The summed E-state index contributed by atoms with van der Waals surface area (Å²) in [6, 6.07) is 23.9. The third-order valence-electron chi connectivity index (χ3n) is 4.46. The quantitative estimate of drug-likeness (QED) is 0.523. The highest BCUT2D eigenvalue weighted by molar-refractivity contribution is 7.97. The Morgan fingerprint density at radius 3 is 2.21 bits per heavy atom. The summed E-state index contributed by atoms with van der Waals surface area (Å²) >= 11 is 1.70. The summed E-state index contributed by atoms with van der Waals surface area (Å²) in [6.45, 7) is 0. The summed E-state index contributed by atoms with van der Waals surface area (Å²) in [5, 5.41) is 9.41. The van der Waals surface area contributed by atoms with Crippen LogP contribution in [0.4, 0.5) is 0 Å². The second kappa shape index (κ2) is 9.29. The van der Waals surface area contributed by atoms with Crippen LogP contribution < -0.4 is 4.74 Å². The fourth-order valence-electron chi connectivity index (χ4n) is 3.14. The molecular weight excluding hydrogens is 368 g/mol. The lowest BCUT2D eigenvalue weighted by Gasteiger charge is -2.13. The van der Waals surface area contributed by atoms with Crippen LogP contribution in [-0.4, -0.2) is 24.4 Å². The van der Waals surface area contributed by atoms with Crippen molar-refractivity contribution < 1.29 is 14.6 Å². The molecule has 3 aromatic rings. The van der Waals surface area contributed by atoms with Gasteiger partial charge >= 0.3 is 5.97 Å². The number of thioether (sulfide) groups is 1. The minimum atomic E-state index is -0.968. The maximum absolute atomic E-state index is 11.5. The summed E-state index contributed by atoms with van der Waals surface area (Å²) < 4.78 is 5.44. The molecule has 0 aliphatic carbocycles. The molecule has 142 valence electrons. The first-order valence-electron chi connectivity index (χ1n) is 8.89. The highest BCUT2D eigenvalue weighted by Gasteiger charge is 2.11. The Kier molecular flexibility index (Phi) is 6.56. The lowest BCUT2D eigenvalue weighted by molar-refractivity contribution is -0.131. The van der Waals surface area contributed by atoms with E-state index in [0.29, 0.717) is 5.57 Å². The van der Waals surface area contributed by atoms with E-state index < -0.39 is 5.97 Å². The molecule has 4 heteroatoms. The zero-order chi connectivity index (χ0) is 19.9. The van der Waals surface area contributed by atoms with Crippen LogP contribution in [0.25, 0.3) is 16.7 Å². The van der Waals surface area contributed by atoms with E-state index >= 15 is 0 Å². The van der Waals surface area contributed by atoms with E-state index in [1.165, 1.54) is 6.08 Å². The number of ether oxygens (including phenoxy) is 1. The van der Waals surface area contributed by atoms with Gasteiger partial charge in [0.25, 0.3) is 0 Å². The first-order valence-corrected chi connectivity index (χ1v) is 10.3. The van der Waals surface area contributed by atoms with Crippen molar-refractivity contribution in [2.75, 3.05) is 13.4 Å². The largest absolute Gasteiger partial charge is 0.496 e. The summed E-state index contributed by atoms with van der Waals surface area (Å²) in [4.78, 5) is 11.5. The number of methoxy groups -OCH3 is 1. The summed E-state index contributed by atoms with van der Waals surface area (Å²) in [5.41, 5.74) is 5.67. The number of hydrogen-bond donors (Lipinski definition) is 1. The van der Waals surface area contributed by atoms with Gasteiger partial charge in [-0.25, -0.2) is 4.79 Å². The number of carboxylic acid groups (broad SMARTS) is 1. The van der Waals surface area contributed by atoms with Crippen molar-refractivity contribution in [1.29, 1.82) is 0 Å². The number of aliphatic carboxylic acids is 1. The predicted molar refractivity (Wildman–Crippen MR) is 117 cm³/mol. The molecule has 0 aromatic heterocycles. The van der Waals surface area contributed by atoms with Crippen LogP contribution in [0.5, 0.6) is 5.75 Å². The van der Waals surface area contributed by atoms with Crippen molar-refractivity contribution in [1.82, 2.24) is 0 Å². The first kappa shape index (κ1) is 19.8. The fourth-order valence-corrected chi connectivity index (χ4v) is 3.68. The Hall–Kier alpha value is -2.98. The number of carbonyl (C=O) groups is 1. The van der Waals surface area contributed by atoms with Crippen molar-refractivity contribution in [3.8, 4) is 16.9 Å². The molecule has 0 aliphatic rings. The van der Waals surface area contributed by atoms with E-state index in [1.54, 1.807) is 18.9 Å². The maximum atomic E-state index is 11.5. The van der Waals surface area contributed by atoms with Gasteiger partial charge in [-0.1, -0.05) is 60.7 Å². The van der Waals surface area contributed by atoms with E-state index in [0.717, 1.165) is 39.3 Å². The number of benzene rings is 3. The highest BCUT2D eigenvalue weighted by Crippen LogP contribution is 2.31. The molecule has 0 amide bonds. The van der Waals surface area contributed by atoms with Crippen molar-refractivity contribution in [3.05, 3.63) is 95.6 Å². The molecule has 0 heterocycles. The van der Waals surface area contributed by atoms with E-state index in [1.807, 2.05) is 66.9 Å². The molecular formula is C24H22O3S. The minimum Gasteiger partial charge on any atom is -0.496 e. The zero-order valence-electron chi connectivity index (χ0n) is 15.9. The Morgan fingerprint density at radius 1 is 0.964 bits per heavy atom. The van der Waals surface area contributed by atoms with Crippen LogP contribution in [0.15, 0.2) is 78.9 Å². The van der Waals surface area contributed by atoms with E-state index in [-0.39, 0.29) is 0 Å². The van der Waals surface area contributed by atoms with Crippen LogP contribution in [0, 0.1) is 0 Å². The standard InChI is InChI=1S/C24H22O3S/c1-27-23-13-12-20(14-21(23)16-28-2)22(15-24(25)26)19-10-8-18(9-11-19)17-6-4-3-5-7-17/h3-15H,16H2,1-2H3,(H,25,26). The molecule has 0 saturated carbocycles. The van der Waals surface area contributed by atoms with E-state index in [4.69, 9.17) is 4.74 Å². The predicted octanol–water partition coefficient (Wildman–Crippen LogP) is 5.74. The molecule has 0 fully saturated rings. The van der Waals surface area contributed by atoms with Gasteiger partial charge in [-0.15, -0.1) is 0 Å². The Labute approximate surface area is 169 Å². The monoisotopic (exact) mass is 390 g/mol. The second-order valence-electron chi connectivity index (χ2n) is 6.30. The second-order valence-corrected chi connectivity index (χ2v) is 7.17. The topological polar surface area (TPSA) is 46.5 Å². The van der Waals surface area contributed by atoms with E-state index in [2.05, 4.69) is 12.1 Å². The summed E-state index contributed by atoms with van der Waals surface area (Å²) in [7, 11) is 1.65. The third kappa shape index (κ3) is 4.65. The summed E-state index contributed by atoms with van der Waals surface area (Å²) in [5.74, 6) is 0.640. The van der Waals surface area contributed by atoms with Gasteiger partial charge in [0, 0.05) is 17.4 Å².